The minimum atomic E-state index is -2.00. The Morgan fingerprint density at radius 3 is 1.72 bits per heavy atom. The second-order valence-electron chi connectivity index (χ2n) is 11.1. The normalized spacial score (nSPS) is 15.4. The first kappa shape index (κ1) is 31.6. The van der Waals surface area contributed by atoms with Gasteiger partial charge < -0.3 is 20.0 Å². The zero-order chi connectivity index (χ0) is 24.6. The van der Waals surface area contributed by atoms with Crippen LogP contribution in [-0.2, 0) is 9.22 Å². The first-order valence-electron chi connectivity index (χ1n) is 13.2. The van der Waals surface area contributed by atoms with Crippen molar-refractivity contribution in [2.24, 2.45) is 0 Å². The highest BCUT2D eigenvalue weighted by atomic mass is 28.4. The molecule has 0 fully saturated rings. The van der Waals surface area contributed by atoms with E-state index in [1.807, 2.05) is 0 Å². The van der Waals surface area contributed by atoms with Gasteiger partial charge in [0.2, 0.25) is 5.91 Å². The summed E-state index contributed by atoms with van der Waals surface area (Å²) in [5, 5.41) is 24.0. The summed E-state index contributed by atoms with van der Waals surface area (Å²) in [4.78, 5) is 11.6. The van der Waals surface area contributed by atoms with Gasteiger partial charge >= 0.3 is 0 Å². The summed E-state index contributed by atoms with van der Waals surface area (Å²) in [6, 6.07) is -0.589. The fraction of sp³-hybridized carbons (Fsp3) is 0.962. The predicted molar refractivity (Wildman–Crippen MR) is 138 cm³/mol. The smallest absolute Gasteiger partial charge is 0.217 e. The van der Waals surface area contributed by atoms with E-state index in [2.05, 4.69) is 46.1 Å². The topological polar surface area (TPSA) is 78.8 Å². The standard InChI is InChI=1S/C26H55NO4Si/c1-8-9-10-11-12-13-14-15-16-17-18-19-20-24(29)25(30)23(27-22(2)28)21-31-32(6,7)26(3,4)5/h23-25,29-30H,8-21H2,1-7H3,(H,27,28)/t23-,24+,25-/m0/s1. The fourth-order valence-corrected chi connectivity index (χ4v) is 4.66. The molecule has 6 heteroatoms. The molecule has 1 amide bonds. The lowest BCUT2D eigenvalue weighted by Crippen LogP contribution is -2.53. The third-order valence-corrected chi connectivity index (χ3v) is 11.5. The lowest BCUT2D eigenvalue weighted by molar-refractivity contribution is -0.122. The fourth-order valence-electron chi connectivity index (χ4n) is 3.63. The van der Waals surface area contributed by atoms with Gasteiger partial charge in [-0.15, -0.1) is 0 Å². The summed E-state index contributed by atoms with van der Waals surface area (Å²) in [6.45, 7) is 14.7. The molecule has 0 aliphatic rings. The summed E-state index contributed by atoms with van der Waals surface area (Å²) in [5.41, 5.74) is 0. The summed E-state index contributed by atoms with van der Waals surface area (Å²) in [6.07, 6.45) is 13.9. The van der Waals surface area contributed by atoms with Gasteiger partial charge in [0.1, 0.15) is 6.10 Å². The molecule has 0 saturated heterocycles. The van der Waals surface area contributed by atoms with Crippen LogP contribution in [0.1, 0.15) is 118 Å². The lowest BCUT2D eigenvalue weighted by Gasteiger charge is -2.38. The molecule has 0 radical (unpaired) electrons. The maximum atomic E-state index is 11.6. The second kappa shape index (κ2) is 17.1. The number of nitrogens with one attached hydrogen (secondary N) is 1. The number of hydrogen-bond acceptors (Lipinski definition) is 4. The van der Waals surface area contributed by atoms with E-state index in [0.717, 1.165) is 12.8 Å². The van der Waals surface area contributed by atoms with Crippen LogP contribution in [0.15, 0.2) is 0 Å². The Balaban J connectivity index is 4.16. The number of hydrogen-bond donors (Lipinski definition) is 3. The second-order valence-corrected chi connectivity index (χ2v) is 15.9. The van der Waals surface area contributed by atoms with E-state index < -0.39 is 26.6 Å². The number of rotatable bonds is 19. The molecule has 32 heavy (non-hydrogen) atoms. The van der Waals surface area contributed by atoms with E-state index in [4.69, 9.17) is 4.43 Å². The molecule has 0 aromatic heterocycles. The molecular formula is C26H55NO4Si. The molecule has 0 aliphatic heterocycles. The van der Waals surface area contributed by atoms with Crippen molar-refractivity contribution in [3.05, 3.63) is 0 Å². The SMILES string of the molecule is CCCCCCCCCCCCCC[C@@H](O)[C@@H](O)[C@H](CO[Si](C)(C)C(C)(C)C)NC(C)=O. The van der Waals surface area contributed by atoms with Crippen molar-refractivity contribution in [2.75, 3.05) is 6.61 Å². The van der Waals surface area contributed by atoms with Crippen LogP contribution >= 0.6 is 0 Å². The molecule has 0 bridgehead atoms. The lowest BCUT2D eigenvalue weighted by atomic mass is 9.99. The average Bonchev–Trinajstić information content (AvgIpc) is 2.70. The first-order chi connectivity index (χ1) is 14.9. The largest absolute Gasteiger partial charge is 0.415 e. The molecule has 5 nitrogen and oxygen atoms in total. The van der Waals surface area contributed by atoms with Crippen molar-refractivity contribution in [1.29, 1.82) is 0 Å². The van der Waals surface area contributed by atoms with Gasteiger partial charge in [-0.2, -0.15) is 0 Å². The van der Waals surface area contributed by atoms with Crippen molar-refractivity contribution in [3.63, 3.8) is 0 Å². The molecule has 3 atom stereocenters. The zero-order valence-corrected chi connectivity index (χ0v) is 23.3. The van der Waals surface area contributed by atoms with Gasteiger partial charge in [0, 0.05) is 6.92 Å². The maximum Gasteiger partial charge on any atom is 0.217 e. The van der Waals surface area contributed by atoms with E-state index >= 15 is 0 Å². The molecule has 3 N–H and O–H groups in total. The Morgan fingerprint density at radius 2 is 1.31 bits per heavy atom. The van der Waals surface area contributed by atoms with Gasteiger partial charge in [0.15, 0.2) is 8.32 Å². The number of carbonyl (C=O) groups excluding carboxylic acids is 1. The Hall–Kier alpha value is -0.433. The quantitative estimate of drug-likeness (QED) is 0.151. The Labute approximate surface area is 200 Å². The Bertz CT molecular complexity index is 479. The maximum absolute atomic E-state index is 11.6. The van der Waals surface area contributed by atoms with E-state index in [9.17, 15) is 15.0 Å². The molecule has 0 heterocycles. The minimum absolute atomic E-state index is 0.0480. The van der Waals surface area contributed by atoms with Crippen molar-refractivity contribution in [3.8, 4) is 0 Å². The minimum Gasteiger partial charge on any atom is -0.415 e. The monoisotopic (exact) mass is 473 g/mol. The van der Waals surface area contributed by atoms with Gasteiger partial charge in [-0.1, -0.05) is 105 Å². The van der Waals surface area contributed by atoms with Crippen molar-refractivity contribution in [2.45, 2.75) is 154 Å². The van der Waals surface area contributed by atoms with Gasteiger partial charge in [-0.3, -0.25) is 4.79 Å². The molecule has 0 spiro atoms. The number of unbranched alkanes of at least 4 members (excludes halogenated alkanes) is 11. The van der Waals surface area contributed by atoms with Crippen LogP contribution in [0.3, 0.4) is 0 Å². The molecule has 0 aromatic carbocycles. The van der Waals surface area contributed by atoms with E-state index in [1.165, 1.54) is 71.1 Å². The average molecular weight is 474 g/mol. The molecule has 0 unspecified atom stereocenters. The van der Waals surface area contributed by atoms with Crippen molar-refractivity contribution < 1.29 is 19.4 Å². The predicted octanol–water partition coefficient (Wildman–Crippen LogP) is 6.33. The van der Waals surface area contributed by atoms with Crippen LogP contribution in [0.5, 0.6) is 0 Å². The van der Waals surface area contributed by atoms with Crippen LogP contribution in [-0.4, -0.2) is 49.3 Å². The molecule has 0 aliphatic carbocycles. The third kappa shape index (κ3) is 14.7. The number of amides is 1. The molecular weight excluding hydrogens is 418 g/mol. The van der Waals surface area contributed by atoms with Gasteiger partial charge in [-0.25, -0.2) is 0 Å². The number of aliphatic hydroxyl groups is 2. The summed E-state index contributed by atoms with van der Waals surface area (Å²) in [7, 11) is -2.00. The van der Waals surface area contributed by atoms with Crippen LogP contribution in [0.4, 0.5) is 0 Å². The van der Waals surface area contributed by atoms with E-state index in [0.29, 0.717) is 6.42 Å². The van der Waals surface area contributed by atoms with Crippen LogP contribution in [0, 0.1) is 0 Å². The summed E-state index contributed by atoms with van der Waals surface area (Å²) in [5.74, 6) is -0.217. The van der Waals surface area contributed by atoms with E-state index in [1.54, 1.807) is 0 Å². The highest BCUT2D eigenvalue weighted by Gasteiger charge is 2.38. The van der Waals surface area contributed by atoms with Gasteiger partial charge in [0.25, 0.3) is 0 Å². The van der Waals surface area contributed by atoms with Crippen molar-refractivity contribution in [1.82, 2.24) is 5.32 Å². The highest BCUT2D eigenvalue weighted by molar-refractivity contribution is 6.74. The highest BCUT2D eigenvalue weighted by Crippen LogP contribution is 2.36. The molecule has 192 valence electrons. The molecule has 0 saturated carbocycles. The first-order valence-corrected chi connectivity index (χ1v) is 16.1. The molecule has 0 aromatic rings. The summed E-state index contributed by atoms with van der Waals surface area (Å²) < 4.78 is 6.20. The zero-order valence-electron chi connectivity index (χ0n) is 22.3. The van der Waals surface area contributed by atoms with Crippen LogP contribution in [0.25, 0.3) is 0 Å². The third-order valence-electron chi connectivity index (χ3n) is 6.98. The summed E-state index contributed by atoms with van der Waals surface area (Å²) >= 11 is 0. The number of carbonyl (C=O) groups is 1. The number of aliphatic hydroxyl groups excluding tert-OH is 2. The van der Waals surface area contributed by atoms with Gasteiger partial charge in [0.05, 0.1) is 18.8 Å². The Kier molecular flexibility index (Phi) is 16.8. The van der Waals surface area contributed by atoms with E-state index in [-0.39, 0.29) is 17.6 Å². The van der Waals surface area contributed by atoms with Crippen LogP contribution < -0.4 is 5.32 Å². The van der Waals surface area contributed by atoms with Gasteiger partial charge in [-0.05, 0) is 24.6 Å². The molecule has 0 rings (SSSR count). The van der Waals surface area contributed by atoms with Crippen molar-refractivity contribution >= 4 is 14.2 Å². The Morgan fingerprint density at radius 1 is 0.875 bits per heavy atom. The van der Waals surface area contributed by atoms with Crippen LogP contribution in [0.2, 0.25) is 18.1 Å².